The fourth-order valence-electron chi connectivity index (χ4n) is 1.88. The smallest absolute Gasteiger partial charge is 0.0816 e. The molecule has 4 heteroatoms. The van der Waals surface area contributed by atoms with E-state index in [1.54, 1.807) is 0 Å². The lowest BCUT2D eigenvalue weighted by Gasteiger charge is -2.28. The number of nitrogens with two attached hydrogens (primary N) is 1. The maximum absolute atomic E-state index is 5.89. The fourth-order valence-corrected chi connectivity index (χ4v) is 2.83. The number of hydrogen-bond donors (Lipinski definition) is 1. The minimum absolute atomic E-state index is 0.135. The second-order valence-corrected chi connectivity index (χ2v) is 5.99. The Morgan fingerprint density at radius 3 is 2.50 bits per heavy atom. The van der Waals surface area contributed by atoms with Gasteiger partial charge < -0.3 is 10.6 Å². The van der Waals surface area contributed by atoms with Crippen LogP contribution in [0.25, 0.3) is 0 Å². The van der Waals surface area contributed by atoms with Crippen LogP contribution in [0.15, 0.2) is 30.3 Å². The first-order chi connectivity index (χ1) is 8.56. The highest BCUT2D eigenvalue weighted by Gasteiger charge is 2.19. The van der Waals surface area contributed by atoms with Gasteiger partial charge in [0.2, 0.25) is 0 Å². The van der Waals surface area contributed by atoms with Gasteiger partial charge in [-0.05, 0) is 25.8 Å². The SMILES string of the molecule is CSCC(C)N(C)CC(C(N)=S)c1ccccc1. The van der Waals surface area contributed by atoms with Crippen molar-refractivity contribution in [3.05, 3.63) is 35.9 Å². The normalized spacial score (nSPS) is 14.4. The summed E-state index contributed by atoms with van der Waals surface area (Å²) in [7, 11) is 2.13. The Kier molecular flexibility index (Phi) is 6.68. The van der Waals surface area contributed by atoms with Crippen molar-refractivity contribution < 1.29 is 0 Å². The highest BCUT2D eigenvalue weighted by Crippen LogP contribution is 2.18. The molecule has 0 bridgehead atoms. The summed E-state index contributed by atoms with van der Waals surface area (Å²) in [4.78, 5) is 2.90. The van der Waals surface area contributed by atoms with E-state index < -0.39 is 0 Å². The van der Waals surface area contributed by atoms with Gasteiger partial charge >= 0.3 is 0 Å². The Labute approximate surface area is 120 Å². The van der Waals surface area contributed by atoms with Crippen LogP contribution in [0.1, 0.15) is 18.4 Å². The van der Waals surface area contributed by atoms with Crippen LogP contribution in [0.2, 0.25) is 0 Å². The topological polar surface area (TPSA) is 29.3 Å². The predicted molar refractivity (Wildman–Crippen MR) is 86.4 cm³/mol. The number of hydrogen-bond acceptors (Lipinski definition) is 3. The minimum atomic E-state index is 0.135. The first-order valence-corrected chi connectivity index (χ1v) is 7.90. The number of thiocarbonyl (C=S) groups is 1. The van der Waals surface area contributed by atoms with E-state index in [9.17, 15) is 0 Å². The highest BCUT2D eigenvalue weighted by molar-refractivity contribution is 7.98. The van der Waals surface area contributed by atoms with Crippen molar-refractivity contribution in [3.8, 4) is 0 Å². The zero-order valence-corrected chi connectivity index (χ0v) is 12.9. The second kappa shape index (κ2) is 7.77. The van der Waals surface area contributed by atoms with E-state index in [-0.39, 0.29) is 5.92 Å². The summed E-state index contributed by atoms with van der Waals surface area (Å²) in [6.07, 6.45) is 2.13. The molecule has 100 valence electrons. The van der Waals surface area contributed by atoms with Crippen LogP contribution >= 0.6 is 24.0 Å². The van der Waals surface area contributed by atoms with Crippen molar-refractivity contribution in [2.45, 2.75) is 18.9 Å². The molecule has 2 N–H and O–H groups in total. The third-order valence-corrected chi connectivity index (χ3v) is 4.28. The molecule has 0 radical (unpaired) electrons. The molecule has 18 heavy (non-hydrogen) atoms. The number of nitrogens with zero attached hydrogens (tertiary/aromatic N) is 1. The van der Waals surface area contributed by atoms with Crippen molar-refractivity contribution in [3.63, 3.8) is 0 Å². The van der Waals surface area contributed by atoms with Crippen molar-refractivity contribution >= 4 is 29.0 Å². The summed E-state index contributed by atoms with van der Waals surface area (Å²) < 4.78 is 0. The molecule has 0 fully saturated rings. The number of rotatable bonds is 7. The molecule has 0 spiro atoms. The lowest BCUT2D eigenvalue weighted by Crippen LogP contribution is -2.38. The molecule has 1 rings (SSSR count). The molecule has 1 aromatic rings. The van der Waals surface area contributed by atoms with Crippen LogP contribution in [-0.4, -0.2) is 41.5 Å². The average molecular weight is 282 g/mol. The predicted octanol–water partition coefficient (Wildman–Crippen LogP) is 2.74. The number of likely N-dealkylation sites (N-methyl/N-ethyl adjacent to an activating group) is 1. The first kappa shape index (κ1) is 15.5. The van der Waals surface area contributed by atoms with Crippen LogP contribution < -0.4 is 5.73 Å². The standard InChI is InChI=1S/C14H22N2S2/c1-11(10-18-3)16(2)9-13(14(15)17)12-7-5-4-6-8-12/h4-8,11,13H,9-10H2,1-3H3,(H2,15,17). The highest BCUT2D eigenvalue weighted by atomic mass is 32.2. The zero-order valence-electron chi connectivity index (χ0n) is 11.3. The fraction of sp³-hybridized carbons (Fsp3) is 0.500. The molecule has 2 nitrogen and oxygen atoms in total. The van der Waals surface area contributed by atoms with Crippen LogP contribution in [-0.2, 0) is 0 Å². The van der Waals surface area contributed by atoms with Crippen LogP contribution in [0.3, 0.4) is 0 Å². The van der Waals surface area contributed by atoms with Gasteiger partial charge in [-0.3, -0.25) is 0 Å². The summed E-state index contributed by atoms with van der Waals surface area (Å²) in [6.45, 7) is 3.11. The second-order valence-electron chi connectivity index (χ2n) is 4.61. The molecule has 0 aliphatic carbocycles. The van der Waals surface area contributed by atoms with E-state index in [1.807, 2.05) is 30.0 Å². The largest absolute Gasteiger partial charge is 0.393 e. The van der Waals surface area contributed by atoms with Gasteiger partial charge in [0.25, 0.3) is 0 Å². The summed E-state index contributed by atoms with van der Waals surface area (Å²) in [5.41, 5.74) is 7.09. The van der Waals surface area contributed by atoms with Gasteiger partial charge in [0, 0.05) is 24.3 Å². The Balaban J connectivity index is 2.73. The van der Waals surface area contributed by atoms with Crippen molar-refractivity contribution in [2.24, 2.45) is 5.73 Å². The van der Waals surface area contributed by atoms with Gasteiger partial charge in [0.15, 0.2) is 0 Å². The Morgan fingerprint density at radius 2 is 2.00 bits per heavy atom. The van der Waals surface area contributed by atoms with E-state index in [1.165, 1.54) is 5.56 Å². The van der Waals surface area contributed by atoms with E-state index in [4.69, 9.17) is 18.0 Å². The molecule has 0 aliphatic rings. The van der Waals surface area contributed by atoms with E-state index in [0.29, 0.717) is 11.0 Å². The third kappa shape index (κ3) is 4.59. The van der Waals surface area contributed by atoms with Crippen LogP contribution in [0.5, 0.6) is 0 Å². The molecule has 0 amide bonds. The minimum Gasteiger partial charge on any atom is -0.393 e. The Bertz CT molecular complexity index is 367. The quantitative estimate of drug-likeness (QED) is 0.779. The molecule has 0 heterocycles. The molecule has 1 aromatic carbocycles. The van der Waals surface area contributed by atoms with Gasteiger partial charge in [-0.1, -0.05) is 42.5 Å². The Hall–Kier alpha value is -0.580. The summed E-state index contributed by atoms with van der Waals surface area (Å²) in [6, 6.07) is 10.8. The van der Waals surface area contributed by atoms with E-state index >= 15 is 0 Å². The lowest BCUT2D eigenvalue weighted by molar-refractivity contribution is 0.275. The van der Waals surface area contributed by atoms with Gasteiger partial charge in [-0.15, -0.1) is 0 Å². The summed E-state index contributed by atoms with van der Waals surface area (Å²) in [5, 5.41) is 0. The molecular formula is C14H22N2S2. The summed E-state index contributed by atoms with van der Waals surface area (Å²) >= 11 is 7.08. The molecular weight excluding hydrogens is 260 g/mol. The molecule has 0 saturated carbocycles. The maximum atomic E-state index is 5.89. The van der Waals surface area contributed by atoms with E-state index in [2.05, 4.69) is 37.3 Å². The first-order valence-electron chi connectivity index (χ1n) is 6.09. The van der Waals surface area contributed by atoms with Gasteiger partial charge in [0.05, 0.1) is 4.99 Å². The van der Waals surface area contributed by atoms with Crippen LogP contribution in [0, 0.1) is 0 Å². The molecule has 0 aromatic heterocycles. The third-order valence-electron chi connectivity index (χ3n) is 3.18. The lowest BCUT2D eigenvalue weighted by atomic mass is 9.98. The molecule has 2 atom stereocenters. The van der Waals surface area contributed by atoms with Crippen molar-refractivity contribution in [1.29, 1.82) is 0 Å². The van der Waals surface area contributed by atoms with Crippen LogP contribution in [0.4, 0.5) is 0 Å². The maximum Gasteiger partial charge on any atom is 0.0816 e. The Morgan fingerprint density at radius 1 is 1.39 bits per heavy atom. The zero-order chi connectivity index (χ0) is 13.5. The average Bonchev–Trinajstić information content (AvgIpc) is 2.36. The number of benzene rings is 1. The molecule has 0 saturated heterocycles. The van der Waals surface area contributed by atoms with Gasteiger partial charge in [-0.2, -0.15) is 11.8 Å². The number of thioether (sulfide) groups is 1. The monoisotopic (exact) mass is 282 g/mol. The van der Waals surface area contributed by atoms with Crippen molar-refractivity contribution in [2.75, 3.05) is 25.6 Å². The molecule has 2 unspecified atom stereocenters. The van der Waals surface area contributed by atoms with E-state index in [0.717, 1.165) is 12.3 Å². The summed E-state index contributed by atoms with van der Waals surface area (Å²) in [5.74, 6) is 1.26. The van der Waals surface area contributed by atoms with Gasteiger partial charge in [0.1, 0.15) is 0 Å². The van der Waals surface area contributed by atoms with Gasteiger partial charge in [-0.25, -0.2) is 0 Å². The van der Waals surface area contributed by atoms with Crippen molar-refractivity contribution in [1.82, 2.24) is 4.90 Å². The molecule has 0 aliphatic heterocycles.